The Balaban J connectivity index is 1.77. The fourth-order valence-corrected chi connectivity index (χ4v) is 3.54. The van der Waals surface area contributed by atoms with Crippen LogP contribution in [-0.2, 0) is 4.79 Å². The third-order valence-electron chi connectivity index (χ3n) is 4.65. The van der Waals surface area contributed by atoms with E-state index in [1.165, 1.54) is 0 Å². The summed E-state index contributed by atoms with van der Waals surface area (Å²) < 4.78 is 0. The lowest BCUT2D eigenvalue weighted by Crippen LogP contribution is -2.38. The van der Waals surface area contributed by atoms with E-state index in [0.29, 0.717) is 12.2 Å². The fraction of sp³-hybridized carbons (Fsp3) is 0.353. The predicted molar refractivity (Wildman–Crippen MR) is 88.0 cm³/mol. The van der Waals surface area contributed by atoms with Crippen molar-refractivity contribution in [3.8, 4) is 6.07 Å². The van der Waals surface area contributed by atoms with Crippen molar-refractivity contribution >= 4 is 28.0 Å². The summed E-state index contributed by atoms with van der Waals surface area (Å²) in [4.78, 5) is 21.3. The minimum atomic E-state index is -0.0890. The summed E-state index contributed by atoms with van der Waals surface area (Å²) in [5.41, 5.74) is 2.52. The summed E-state index contributed by atoms with van der Waals surface area (Å²) >= 11 is 0. The molecule has 1 saturated heterocycles. The first-order valence-corrected chi connectivity index (χ1v) is 8.01. The zero-order valence-electron chi connectivity index (χ0n) is 13.1. The van der Waals surface area contributed by atoms with Gasteiger partial charge < -0.3 is 9.88 Å². The molecule has 1 unspecified atom stereocenters. The van der Waals surface area contributed by atoms with Crippen LogP contribution in [0.25, 0.3) is 22.1 Å². The highest BCUT2D eigenvalue weighted by atomic mass is 16.2. The lowest BCUT2D eigenvalue weighted by atomic mass is 9.88. The largest absolute Gasteiger partial charge is 0.345 e. The second-order valence-corrected chi connectivity index (χ2v) is 6.05. The van der Waals surface area contributed by atoms with Gasteiger partial charge in [-0.3, -0.25) is 4.79 Å². The Morgan fingerprint density at radius 1 is 1.42 bits per heavy atom. The number of hydrogen-bond acceptors (Lipinski definition) is 5. The number of nitriles is 1. The Labute approximate surface area is 138 Å². The quantitative estimate of drug-likeness (QED) is 0.780. The number of fused-ring (bicyclic) bond motifs is 3. The third-order valence-corrected chi connectivity index (χ3v) is 4.65. The van der Waals surface area contributed by atoms with Crippen molar-refractivity contribution in [1.82, 2.24) is 25.1 Å². The molecule has 1 N–H and O–H groups in total. The van der Waals surface area contributed by atoms with Gasteiger partial charge in [0.1, 0.15) is 6.42 Å². The van der Waals surface area contributed by atoms with E-state index in [1.54, 1.807) is 11.1 Å². The van der Waals surface area contributed by atoms with Crippen LogP contribution in [0.5, 0.6) is 0 Å². The van der Waals surface area contributed by atoms with Crippen LogP contribution >= 0.6 is 0 Å². The molecule has 1 atom stereocenters. The highest BCUT2D eigenvalue weighted by molar-refractivity contribution is 6.03. The van der Waals surface area contributed by atoms with Crippen molar-refractivity contribution in [2.75, 3.05) is 13.1 Å². The molecule has 0 aliphatic carbocycles. The first-order valence-electron chi connectivity index (χ1n) is 8.01. The first kappa shape index (κ1) is 14.6. The summed E-state index contributed by atoms with van der Waals surface area (Å²) in [7, 11) is 0. The Kier molecular flexibility index (Phi) is 3.58. The van der Waals surface area contributed by atoms with Gasteiger partial charge in [-0.25, -0.2) is 4.98 Å². The molecular formula is C17H16N6O. The molecule has 3 aromatic rings. The summed E-state index contributed by atoms with van der Waals surface area (Å²) in [6.45, 7) is 1.36. The van der Waals surface area contributed by atoms with Crippen LogP contribution in [-0.4, -0.2) is 44.1 Å². The molecule has 3 aromatic heterocycles. The van der Waals surface area contributed by atoms with Crippen LogP contribution in [0.4, 0.5) is 0 Å². The average Bonchev–Trinajstić information content (AvgIpc) is 3.10. The molecule has 0 radical (unpaired) electrons. The van der Waals surface area contributed by atoms with Gasteiger partial charge in [-0.1, -0.05) is 0 Å². The number of pyridine rings is 1. The molecule has 0 spiro atoms. The zero-order valence-corrected chi connectivity index (χ0v) is 13.1. The van der Waals surface area contributed by atoms with Gasteiger partial charge in [-0.15, -0.1) is 10.2 Å². The number of likely N-dealkylation sites (tertiary alicyclic amines) is 1. The molecule has 0 aromatic carbocycles. The Bertz CT molecular complexity index is 957. The van der Waals surface area contributed by atoms with Crippen LogP contribution in [0.2, 0.25) is 0 Å². The highest BCUT2D eigenvalue weighted by Crippen LogP contribution is 2.33. The van der Waals surface area contributed by atoms with E-state index in [1.807, 2.05) is 18.3 Å². The van der Waals surface area contributed by atoms with E-state index >= 15 is 0 Å². The van der Waals surface area contributed by atoms with E-state index in [0.717, 1.165) is 41.4 Å². The van der Waals surface area contributed by atoms with Crippen molar-refractivity contribution < 1.29 is 4.79 Å². The van der Waals surface area contributed by atoms with Crippen LogP contribution < -0.4 is 0 Å². The average molecular weight is 320 g/mol. The van der Waals surface area contributed by atoms with Gasteiger partial charge in [0, 0.05) is 42.2 Å². The molecule has 4 rings (SSSR count). The maximum atomic E-state index is 12.1. The second-order valence-electron chi connectivity index (χ2n) is 6.05. The number of nitrogens with one attached hydrogen (secondary N) is 1. The van der Waals surface area contributed by atoms with Gasteiger partial charge >= 0.3 is 0 Å². The van der Waals surface area contributed by atoms with Gasteiger partial charge in [-0.05, 0) is 30.5 Å². The molecule has 7 nitrogen and oxygen atoms in total. The Morgan fingerprint density at radius 3 is 3.21 bits per heavy atom. The number of piperidine rings is 1. The molecule has 0 bridgehead atoms. The monoisotopic (exact) mass is 320 g/mol. The fourth-order valence-electron chi connectivity index (χ4n) is 3.54. The van der Waals surface area contributed by atoms with Gasteiger partial charge in [-0.2, -0.15) is 5.26 Å². The molecule has 1 aliphatic rings. The van der Waals surface area contributed by atoms with Crippen LogP contribution in [0, 0.1) is 11.3 Å². The molecule has 1 fully saturated rings. The van der Waals surface area contributed by atoms with Crippen molar-refractivity contribution in [2.24, 2.45) is 0 Å². The maximum Gasteiger partial charge on any atom is 0.236 e. The van der Waals surface area contributed by atoms with Gasteiger partial charge in [0.2, 0.25) is 5.91 Å². The Hall–Kier alpha value is -3.01. The number of aromatic nitrogens is 4. The summed E-state index contributed by atoms with van der Waals surface area (Å²) in [6.07, 6.45) is 5.48. The summed E-state index contributed by atoms with van der Waals surface area (Å²) in [5.74, 6) is 0.134. The smallest absolute Gasteiger partial charge is 0.236 e. The SMILES string of the molecule is N#CCC(=O)N1CCCC(c2cc[nH]c3nnc4nccc4c23)C1. The number of hydrogen-bond donors (Lipinski definition) is 1. The predicted octanol–water partition coefficient (Wildman–Crippen LogP) is 2.13. The number of rotatable bonds is 2. The standard InChI is InChI=1S/C17H16N6O/c18-6-3-14(24)23-9-1-2-11(10-23)12-4-7-20-17-15(12)13-5-8-19-16(13)21-22-17/h4-5,7-8,11H,1-3,9-10H2,(H,20,22). The highest BCUT2D eigenvalue weighted by Gasteiger charge is 2.26. The minimum absolute atomic E-state index is 0.0570. The normalized spacial score (nSPS) is 18.0. The van der Waals surface area contributed by atoms with Crippen LogP contribution in [0.1, 0.15) is 30.7 Å². The summed E-state index contributed by atoms with van der Waals surface area (Å²) in [6, 6.07) is 5.95. The zero-order chi connectivity index (χ0) is 16.5. The van der Waals surface area contributed by atoms with Gasteiger partial charge in [0.05, 0.1) is 6.07 Å². The molecule has 7 heteroatoms. The minimum Gasteiger partial charge on any atom is -0.345 e. The molecule has 0 saturated carbocycles. The second kappa shape index (κ2) is 5.89. The number of H-pyrrole nitrogens is 1. The molecule has 120 valence electrons. The van der Waals surface area contributed by atoms with E-state index in [-0.39, 0.29) is 18.2 Å². The van der Waals surface area contributed by atoms with Crippen LogP contribution in [0.15, 0.2) is 24.5 Å². The van der Waals surface area contributed by atoms with Crippen LogP contribution in [0.3, 0.4) is 0 Å². The van der Waals surface area contributed by atoms with Crippen molar-refractivity contribution in [1.29, 1.82) is 5.26 Å². The topological polar surface area (TPSA) is 98.6 Å². The lowest BCUT2D eigenvalue weighted by molar-refractivity contribution is -0.131. The van der Waals surface area contributed by atoms with E-state index in [4.69, 9.17) is 5.26 Å². The Morgan fingerprint density at radius 2 is 2.33 bits per heavy atom. The number of aromatic amines is 1. The molecule has 4 heterocycles. The number of amides is 1. The number of carbonyl (C=O) groups excluding carboxylic acids is 1. The maximum absolute atomic E-state index is 12.1. The third kappa shape index (κ3) is 2.36. The van der Waals surface area contributed by atoms with E-state index < -0.39 is 0 Å². The molecule has 1 amide bonds. The molecular weight excluding hydrogens is 304 g/mol. The van der Waals surface area contributed by atoms with Gasteiger partial charge in [0.15, 0.2) is 11.3 Å². The van der Waals surface area contributed by atoms with Gasteiger partial charge in [0.25, 0.3) is 0 Å². The summed E-state index contributed by atoms with van der Waals surface area (Å²) in [5, 5.41) is 19.1. The number of nitrogens with zero attached hydrogens (tertiary/aromatic N) is 5. The van der Waals surface area contributed by atoms with Crippen molar-refractivity contribution in [3.63, 3.8) is 0 Å². The molecule has 1 aliphatic heterocycles. The lowest BCUT2D eigenvalue weighted by Gasteiger charge is -2.33. The first-order chi connectivity index (χ1) is 11.8. The van der Waals surface area contributed by atoms with Crippen molar-refractivity contribution in [3.05, 3.63) is 30.1 Å². The van der Waals surface area contributed by atoms with E-state index in [2.05, 4.69) is 26.2 Å². The van der Waals surface area contributed by atoms with E-state index in [9.17, 15) is 4.79 Å². The van der Waals surface area contributed by atoms with Crippen molar-refractivity contribution in [2.45, 2.75) is 25.2 Å². The molecule has 24 heavy (non-hydrogen) atoms. The number of carbonyl (C=O) groups is 1.